The zero-order valence-electron chi connectivity index (χ0n) is 11.1. The summed E-state index contributed by atoms with van der Waals surface area (Å²) >= 11 is 2.52. The van der Waals surface area contributed by atoms with Gasteiger partial charge in [-0.1, -0.05) is 0 Å². The zero-order valence-corrected chi connectivity index (χ0v) is 12.7. The van der Waals surface area contributed by atoms with Crippen LogP contribution >= 0.6 is 15.9 Å². The van der Waals surface area contributed by atoms with Gasteiger partial charge in [-0.2, -0.15) is 26.3 Å². The molecule has 0 aliphatic carbocycles. The second-order valence-electron chi connectivity index (χ2n) is 4.54. The second-order valence-corrected chi connectivity index (χ2v) is 5.39. The summed E-state index contributed by atoms with van der Waals surface area (Å²) in [7, 11) is 0. The van der Waals surface area contributed by atoms with E-state index in [0.717, 1.165) is 0 Å². The van der Waals surface area contributed by atoms with Crippen LogP contribution in [0, 0.1) is 11.6 Å². The largest absolute Gasteiger partial charge is 0.417 e. The average Bonchev–Trinajstić information content (AvgIpc) is 2.40. The molecule has 0 N–H and O–H groups in total. The summed E-state index contributed by atoms with van der Waals surface area (Å²) in [5.74, 6) is -3.67. The molecule has 0 unspecified atom stereocenters. The maximum absolute atomic E-state index is 13.9. The molecule has 11 heteroatoms. The molecule has 0 fully saturated rings. The van der Waals surface area contributed by atoms with Crippen molar-refractivity contribution in [1.82, 2.24) is 4.57 Å². The van der Waals surface area contributed by atoms with Gasteiger partial charge >= 0.3 is 12.4 Å². The minimum Gasteiger partial charge on any atom is -0.277 e. The third-order valence-corrected chi connectivity index (χ3v) is 3.45. The van der Waals surface area contributed by atoms with Crippen molar-refractivity contribution >= 4 is 15.9 Å². The monoisotopic (exact) mass is 421 g/mol. The Morgan fingerprint density at radius 2 is 1.29 bits per heavy atom. The van der Waals surface area contributed by atoms with E-state index < -0.39 is 50.8 Å². The Morgan fingerprint density at radius 1 is 0.833 bits per heavy atom. The zero-order chi connectivity index (χ0) is 18.4. The molecule has 1 aromatic carbocycles. The minimum absolute atomic E-state index is 0.0439. The van der Waals surface area contributed by atoms with Crippen LogP contribution in [0.2, 0.25) is 0 Å². The highest BCUT2D eigenvalue weighted by molar-refractivity contribution is 9.10. The number of rotatable bonds is 1. The lowest BCUT2D eigenvalue weighted by atomic mass is 10.1. The van der Waals surface area contributed by atoms with Crippen molar-refractivity contribution in [3.05, 3.63) is 62.0 Å². The smallest absolute Gasteiger partial charge is 0.277 e. The number of hydrogen-bond donors (Lipinski definition) is 0. The highest BCUT2D eigenvalue weighted by Crippen LogP contribution is 2.34. The predicted molar refractivity (Wildman–Crippen MR) is 69.7 cm³/mol. The Kier molecular flexibility index (Phi) is 4.51. The number of alkyl halides is 6. The van der Waals surface area contributed by atoms with Gasteiger partial charge in [0.2, 0.25) is 0 Å². The second kappa shape index (κ2) is 5.87. The first-order valence-electron chi connectivity index (χ1n) is 5.88. The third kappa shape index (κ3) is 3.45. The van der Waals surface area contributed by atoms with Crippen LogP contribution < -0.4 is 5.56 Å². The van der Waals surface area contributed by atoms with E-state index in [1.807, 2.05) is 0 Å². The molecule has 1 heterocycles. The lowest BCUT2D eigenvalue weighted by Gasteiger charge is -2.15. The minimum atomic E-state index is -5.07. The fraction of sp³-hybridized carbons (Fsp3) is 0.154. The molecular weight excluding hydrogens is 418 g/mol. The molecule has 0 radical (unpaired) electrons. The van der Waals surface area contributed by atoms with Crippen LogP contribution in [0.3, 0.4) is 0 Å². The van der Waals surface area contributed by atoms with Gasteiger partial charge in [-0.25, -0.2) is 8.78 Å². The number of aromatic nitrogens is 1. The van der Waals surface area contributed by atoms with Gasteiger partial charge in [0, 0.05) is 6.20 Å². The van der Waals surface area contributed by atoms with Gasteiger partial charge in [-0.05, 0) is 34.1 Å². The van der Waals surface area contributed by atoms with E-state index in [1.54, 1.807) is 0 Å². The quantitative estimate of drug-likeness (QED) is 0.599. The summed E-state index contributed by atoms with van der Waals surface area (Å²) in [6, 6.07) is 0.163. The Morgan fingerprint density at radius 3 is 1.71 bits per heavy atom. The number of pyridine rings is 1. The highest BCUT2D eigenvalue weighted by atomic mass is 79.9. The van der Waals surface area contributed by atoms with E-state index in [-0.39, 0.29) is 22.9 Å². The van der Waals surface area contributed by atoms with Crippen molar-refractivity contribution in [2.45, 2.75) is 12.4 Å². The SMILES string of the molecule is O=c1c(Br)cc(C(F)(F)F)cn1-c1c(F)cc(C(F)(F)F)cc1F. The van der Waals surface area contributed by atoms with Gasteiger partial charge in [0.25, 0.3) is 5.56 Å². The molecule has 130 valence electrons. The molecular formula is C13H4BrF8NO. The molecule has 0 aliphatic heterocycles. The molecule has 0 saturated carbocycles. The van der Waals surface area contributed by atoms with Gasteiger partial charge in [0.05, 0.1) is 15.6 Å². The van der Waals surface area contributed by atoms with E-state index >= 15 is 0 Å². The first-order valence-corrected chi connectivity index (χ1v) is 6.67. The highest BCUT2D eigenvalue weighted by Gasteiger charge is 2.35. The number of benzene rings is 1. The van der Waals surface area contributed by atoms with Crippen molar-refractivity contribution in [2.75, 3.05) is 0 Å². The van der Waals surface area contributed by atoms with Crippen LogP contribution in [0.1, 0.15) is 11.1 Å². The van der Waals surface area contributed by atoms with Gasteiger partial charge in [0.1, 0.15) is 5.69 Å². The molecule has 0 amide bonds. The third-order valence-electron chi connectivity index (χ3n) is 2.89. The van der Waals surface area contributed by atoms with Crippen LogP contribution in [-0.2, 0) is 12.4 Å². The van der Waals surface area contributed by atoms with Crippen molar-refractivity contribution in [1.29, 1.82) is 0 Å². The van der Waals surface area contributed by atoms with Crippen molar-refractivity contribution in [2.24, 2.45) is 0 Å². The van der Waals surface area contributed by atoms with Crippen LogP contribution in [0.25, 0.3) is 5.69 Å². The van der Waals surface area contributed by atoms with Crippen molar-refractivity contribution in [3.8, 4) is 5.69 Å². The van der Waals surface area contributed by atoms with E-state index in [9.17, 15) is 39.9 Å². The van der Waals surface area contributed by atoms with Crippen molar-refractivity contribution < 1.29 is 35.1 Å². The van der Waals surface area contributed by atoms with Crippen LogP contribution in [0.5, 0.6) is 0 Å². The molecule has 0 bridgehead atoms. The van der Waals surface area contributed by atoms with Gasteiger partial charge in [-0.3, -0.25) is 9.36 Å². The Labute approximate surface area is 136 Å². The molecule has 24 heavy (non-hydrogen) atoms. The Balaban J connectivity index is 2.78. The lowest BCUT2D eigenvalue weighted by molar-refractivity contribution is -0.138. The fourth-order valence-electron chi connectivity index (χ4n) is 1.83. The van der Waals surface area contributed by atoms with Crippen molar-refractivity contribution in [3.63, 3.8) is 0 Å². The van der Waals surface area contributed by atoms with Crippen LogP contribution in [0.4, 0.5) is 35.1 Å². The average molecular weight is 422 g/mol. The van der Waals surface area contributed by atoms with E-state index in [2.05, 4.69) is 15.9 Å². The maximum atomic E-state index is 13.9. The number of hydrogen-bond acceptors (Lipinski definition) is 1. The molecule has 2 nitrogen and oxygen atoms in total. The molecule has 2 aromatic rings. The van der Waals surface area contributed by atoms with Gasteiger partial charge in [0.15, 0.2) is 11.6 Å². The Hall–Kier alpha value is -1.91. The van der Waals surface area contributed by atoms with Gasteiger partial charge in [-0.15, -0.1) is 0 Å². The van der Waals surface area contributed by atoms with E-state index in [0.29, 0.717) is 6.07 Å². The van der Waals surface area contributed by atoms with E-state index in [1.165, 1.54) is 0 Å². The maximum Gasteiger partial charge on any atom is 0.417 e. The topological polar surface area (TPSA) is 22.0 Å². The van der Waals surface area contributed by atoms with Crippen LogP contribution in [0.15, 0.2) is 33.7 Å². The Bertz CT molecular complexity index is 830. The normalized spacial score (nSPS) is 12.5. The molecule has 2 rings (SSSR count). The first kappa shape index (κ1) is 18.4. The summed E-state index contributed by atoms with van der Waals surface area (Å²) in [4.78, 5) is 11.8. The predicted octanol–water partition coefficient (Wildman–Crippen LogP) is 4.92. The van der Waals surface area contributed by atoms with E-state index in [4.69, 9.17) is 0 Å². The lowest BCUT2D eigenvalue weighted by Crippen LogP contribution is -2.24. The summed E-state index contributed by atoms with van der Waals surface area (Å²) in [6.07, 6.45) is -9.92. The molecule has 0 atom stereocenters. The fourth-order valence-corrected chi connectivity index (χ4v) is 2.27. The summed E-state index contributed by atoms with van der Waals surface area (Å²) in [6.45, 7) is 0. The van der Waals surface area contributed by atoms with Gasteiger partial charge < -0.3 is 0 Å². The first-order chi connectivity index (χ1) is 10.8. The molecule has 0 spiro atoms. The summed E-state index contributed by atoms with van der Waals surface area (Å²) in [5.41, 5.74) is -5.73. The van der Waals surface area contributed by atoms with Crippen LogP contribution in [-0.4, -0.2) is 4.57 Å². The summed E-state index contributed by atoms with van der Waals surface area (Å²) < 4.78 is 103. The molecule has 0 saturated heterocycles. The number of nitrogens with zero attached hydrogens (tertiary/aromatic N) is 1. The summed E-state index contributed by atoms with van der Waals surface area (Å²) in [5, 5.41) is 0. The number of halogens is 9. The molecule has 1 aromatic heterocycles. The molecule has 0 aliphatic rings. The standard InChI is InChI=1S/C13H4BrF8NO/c14-7-1-6(13(20,21)22)4-23(11(7)24)10-8(15)2-5(3-9(10)16)12(17,18)19/h1-4H.